The van der Waals surface area contributed by atoms with Crippen LogP contribution < -0.4 is 5.73 Å². The van der Waals surface area contributed by atoms with E-state index in [0.717, 1.165) is 0 Å². The standard InChI is InChI=1S/C9H15F6N3O/c1-5(2)18(4-8(10,11)12)3-6(7(16)17-19)9(13,14)15/h5-6,19H,3-4H2,1-2H3,(H2,16,17). The second kappa shape index (κ2) is 6.31. The van der Waals surface area contributed by atoms with Crippen LogP contribution in [0.15, 0.2) is 5.16 Å². The second-order valence-corrected chi connectivity index (χ2v) is 4.26. The molecule has 0 fully saturated rings. The van der Waals surface area contributed by atoms with Crippen molar-refractivity contribution in [3.8, 4) is 0 Å². The third-order valence-corrected chi connectivity index (χ3v) is 2.40. The number of nitrogens with two attached hydrogens (primary N) is 1. The van der Waals surface area contributed by atoms with E-state index in [4.69, 9.17) is 10.9 Å². The SMILES string of the molecule is CC(C)N(CC(C(N)=NO)C(F)(F)F)CC(F)(F)F. The molecule has 0 aliphatic carbocycles. The molecule has 0 amide bonds. The Kier molecular flexibility index (Phi) is 5.91. The van der Waals surface area contributed by atoms with E-state index in [1.165, 1.54) is 13.8 Å². The normalized spacial score (nSPS) is 16.2. The van der Waals surface area contributed by atoms with E-state index >= 15 is 0 Å². The molecule has 0 spiro atoms. The van der Waals surface area contributed by atoms with E-state index in [9.17, 15) is 26.3 Å². The van der Waals surface area contributed by atoms with E-state index in [0.29, 0.717) is 4.90 Å². The number of hydrogen-bond donors (Lipinski definition) is 2. The molecular weight excluding hydrogens is 280 g/mol. The highest BCUT2D eigenvalue weighted by molar-refractivity contribution is 5.83. The third-order valence-electron chi connectivity index (χ3n) is 2.40. The van der Waals surface area contributed by atoms with Crippen LogP contribution in [0, 0.1) is 5.92 Å². The zero-order chi connectivity index (χ0) is 15.4. The fraction of sp³-hybridized carbons (Fsp3) is 0.889. The molecule has 4 nitrogen and oxygen atoms in total. The molecule has 3 N–H and O–H groups in total. The van der Waals surface area contributed by atoms with Crippen molar-refractivity contribution in [3.63, 3.8) is 0 Å². The Bertz CT molecular complexity index is 312. The van der Waals surface area contributed by atoms with E-state index in [2.05, 4.69) is 5.16 Å². The molecule has 0 aromatic rings. The number of amidine groups is 1. The summed E-state index contributed by atoms with van der Waals surface area (Å²) in [6, 6.07) is -0.780. The largest absolute Gasteiger partial charge is 0.409 e. The number of oxime groups is 1. The molecule has 1 unspecified atom stereocenters. The highest BCUT2D eigenvalue weighted by atomic mass is 19.4. The van der Waals surface area contributed by atoms with Gasteiger partial charge in [0.25, 0.3) is 0 Å². The van der Waals surface area contributed by atoms with Gasteiger partial charge in [-0.25, -0.2) is 0 Å². The van der Waals surface area contributed by atoms with Crippen LogP contribution in [-0.2, 0) is 0 Å². The predicted molar refractivity (Wildman–Crippen MR) is 55.7 cm³/mol. The van der Waals surface area contributed by atoms with Crippen molar-refractivity contribution in [1.82, 2.24) is 4.90 Å². The molecule has 0 saturated carbocycles. The smallest absolute Gasteiger partial charge is 0.401 e. The minimum atomic E-state index is -4.89. The van der Waals surface area contributed by atoms with Crippen LogP contribution in [-0.4, -0.2) is 47.4 Å². The van der Waals surface area contributed by atoms with Crippen molar-refractivity contribution >= 4 is 5.84 Å². The third kappa shape index (κ3) is 6.50. The quantitative estimate of drug-likeness (QED) is 0.269. The molecule has 10 heteroatoms. The Morgan fingerprint density at radius 2 is 1.68 bits per heavy atom. The molecule has 0 rings (SSSR count). The molecular formula is C9H15F6N3O. The molecule has 0 heterocycles. The molecule has 0 saturated heterocycles. The van der Waals surface area contributed by atoms with Crippen LogP contribution in [0.25, 0.3) is 0 Å². The van der Waals surface area contributed by atoms with Gasteiger partial charge in [-0.15, -0.1) is 0 Å². The van der Waals surface area contributed by atoms with Crippen molar-refractivity contribution in [1.29, 1.82) is 0 Å². The monoisotopic (exact) mass is 295 g/mol. The lowest BCUT2D eigenvalue weighted by Crippen LogP contribution is -2.49. The van der Waals surface area contributed by atoms with Crippen molar-refractivity contribution < 1.29 is 31.5 Å². The zero-order valence-corrected chi connectivity index (χ0v) is 10.3. The molecule has 0 aromatic heterocycles. The maximum absolute atomic E-state index is 12.6. The summed E-state index contributed by atoms with van der Waals surface area (Å²) in [5, 5.41) is 10.5. The van der Waals surface area contributed by atoms with Gasteiger partial charge in [0, 0.05) is 12.6 Å². The molecule has 0 aromatic carbocycles. The van der Waals surface area contributed by atoms with Gasteiger partial charge in [-0.05, 0) is 13.8 Å². The highest BCUT2D eigenvalue weighted by Gasteiger charge is 2.45. The minimum absolute atomic E-state index is 0.566. The maximum Gasteiger partial charge on any atom is 0.401 e. The minimum Gasteiger partial charge on any atom is -0.409 e. The van der Waals surface area contributed by atoms with Gasteiger partial charge in [0.1, 0.15) is 5.92 Å². The van der Waals surface area contributed by atoms with E-state index < -0.39 is 43.2 Å². The second-order valence-electron chi connectivity index (χ2n) is 4.26. The molecule has 1 atom stereocenters. The zero-order valence-electron chi connectivity index (χ0n) is 10.3. The van der Waals surface area contributed by atoms with Crippen LogP contribution in [0.3, 0.4) is 0 Å². The maximum atomic E-state index is 12.6. The molecule has 0 radical (unpaired) electrons. The summed E-state index contributed by atoms with van der Waals surface area (Å²) in [6.07, 6.45) is -9.53. The average Bonchev–Trinajstić information content (AvgIpc) is 2.19. The predicted octanol–water partition coefficient (Wildman–Crippen LogP) is 2.18. The highest BCUT2D eigenvalue weighted by Crippen LogP contribution is 2.29. The molecule has 0 aliphatic rings. The van der Waals surface area contributed by atoms with Crippen molar-refractivity contribution in [2.24, 2.45) is 16.8 Å². The molecule has 19 heavy (non-hydrogen) atoms. The van der Waals surface area contributed by atoms with Crippen LogP contribution >= 0.6 is 0 Å². The van der Waals surface area contributed by atoms with Gasteiger partial charge < -0.3 is 10.9 Å². The van der Waals surface area contributed by atoms with Gasteiger partial charge >= 0.3 is 12.4 Å². The Morgan fingerprint density at radius 1 is 1.21 bits per heavy atom. The lowest BCUT2D eigenvalue weighted by Gasteiger charge is -2.31. The summed E-state index contributed by atoms with van der Waals surface area (Å²) in [5.41, 5.74) is 4.89. The van der Waals surface area contributed by atoms with Gasteiger partial charge in [0.2, 0.25) is 0 Å². The number of hydrogen-bond acceptors (Lipinski definition) is 3. The van der Waals surface area contributed by atoms with Crippen LogP contribution in [0.2, 0.25) is 0 Å². The lowest BCUT2D eigenvalue weighted by atomic mass is 10.1. The molecule has 0 aliphatic heterocycles. The average molecular weight is 295 g/mol. The summed E-state index contributed by atoms with van der Waals surface area (Å²) >= 11 is 0. The van der Waals surface area contributed by atoms with Gasteiger partial charge in [0.15, 0.2) is 5.84 Å². The van der Waals surface area contributed by atoms with Gasteiger partial charge in [-0.1, -0.05) is 5.16 Å². The summed E-state index contributed by atoms with van der Waals surface area (Å²) < 4.78 is 74.7. The Balaban J connectivity index is 5.07. The van der Waals surface area contributed by atoms with Crippen molar-refractivity contribution in [3.05, 3.63) is 0 Å². The number of alkyl halides is 6. The van der Waals surface area contributed by atoms with Crippen LogP contribution in [0.5, 0.6) is 0 Å². The number of nitrogens with zero attached hydrogens (tertiary/aromatic N) is 2. The van der Waals surface area contributed by atoms with Gasteiger partial charge in [0.05, 0.1) is 6.54 Å². The van der Waals surface area contributed by atoms with Crippen molar-refractivity contribution in [2.45, 2.75) is 32.2 Å². The van der Waals surface area contributed by atoms with Crippen LogP contribution in [0.1, 0.15) is 13.8 Å². The van der Waals surface area contributed by atoms with Crippen molar-refractivity contribution in [2.75, 3.05) is 13.1 Å². The molecule has 0 bridgehead atoms. The summed E-state index contributed by atoms with van der Waals surface area (Å²) in [6.45, 7) is 0.115. The topological polar surface area (TPSA) is 61.8 Å². The first-order valence-electron chi connectivity index (χ1n) is 5.23. The lowest BCUT2D eigenvalue weighted by molar-refractivity contribution is -0.177. The fourth-order valence-corrected chi connectivity index (χ4v) is 1.36. The summed E-state index contributed by atoms with van der Waals surface area (Å²) in [5.74, 6) is -3.62. The van der Waals surface area contributed by atoms with Gasteiger partial charge in [-0.3, -0.25) is 4.90 Å². The van der Waals surface area contributed by atoms with Crippen LogP contribution in [0.4, 0.5) is 26.3 Å². The van der Waals surface area contributed by atoms with E-state index in [1.807, 2.05) is 0 Å². The summed E-state index contributed by atoms with van der Waals surface area (Å²) in [7, 11) is 0. The van der Waals surface area contributed by atoms with E-state index in [1.54, 1.807) is 0 Å². The first-order chi connectivity index (χ1) is 8.38. The first-order valence-corrected chi connectivity index (χ1v) is 5.23. The Morgan fingerprint density at radius 3 is 1.95 bits per heavy atom. The van der Waals surface area contributed by atoms with E-state index in [-0.39, 0.29) is 0 Å². The molecule has 114 valence electrons. The summed E-state index contributed by atoms with van der Waals surface area (Å²) in [4.78, 5) is 0.566. The number of rotatable bonds is 5. The number of halogens is 6. The Hall–Kier alpha value is -1.19. The van der Waals surface area contributed by atoms with Gasteiger partial charge in [-0.2, -0.15) is 26.3 Å². The Labute approximate surface area is 105 Å². The first kappa shape index (κ1) is 17.8. The fourth-order valence-electron chi connectivity index (χ4n) is 1.36.